The summed E-state index contributed by atoms with van der Waals surface area (Å²) in [5.41, 5.74) is 0. The molecule has 0 spiro atoms. The Morgan fingerprint density at radius 2 is 0.789 bits per heavy atom. The molecule has 3 unspecified atom stereocenters. The van der Waals surface area contributed by atoms with Gasteiger partial charge in [-0.25, -0.2) is 0 Å². The maximum atomic E-state index is 12.7. The zero-order valence-corrected chi connectivity index (χ0v) is 38.4. The van der Waals surface area contributed by atoms with Crippen molar-refractivity contribution in [2.75, 3.05) is 5.75 Å². The van der Waals surface area contributed by atoms with Crippen molar-refractivity contribution in [3.8, 4) is 0 Å². The Kier molecular flexibility index (Phi) is 42.0. The van der Waals surface area contributed by atoms with Crippen LogP contribution in [0.1, 0.15) is 258 Å². The van der Waals surface area contributed by atoms with Crippen LogP contribution in [-0.2, 0) is 14.9 Å². The second kappa shape index (κ2) is 42.9. The van der Waals surface area contributed by atoms with Gasteiger partial charge in [0.25, 0.3) is 10.1 Å². The standard InChI is InChI=1S/C49H95NO6S/c1-3-5-7-9-11-13-15-17-19-21-23-24-25-26-28-30-32-34-36-38-40-42-44-48(52)49(53)50-46(45-57(54,55)56)47(51)43-41-39-37-35-33-31-29-27-22-20-18-16-14-12-10-8-6-4-2/h23-24,26,28,46-48,51-52H,3-22,25,27,29-45H2,1-2H3,(H,50,53)(H,54,55,56)/b24-23-,28-26-. The highest BCUT2D eigenvalue weighted by Gasteiger charge is 2.28. The molecule has 0 radical (unpaired) electrons. The highest BCUT2D eigenvalue weighted by atomic mass is 32.2. The molecule has 0 aromatic rings. The van der Waals surface area contributed by atoms with E-state index >= 15 is 0 Å². The minimum absolute atomic E-state index is 0.287. The number of aliphatic hydroxyl groups excluding tert-OH is 2. The zero-order chi connectivity index (χ0) is 41.9. The lowest BCUT2D eigenvalue weighted by Gasteiger charge is -2.24. The third-order valence-corrected chi connectivity index (χ3v) is 12.3. The molecule has 7 nitrogen and oxygen atoms in total. The molecule has 1 amide bonds. The van der Waals surface area contributed by atoms with Gasteiger partial charge in [-0.05, 0) is 44.9 Å². The highest BCUT2D eigenvalue weighted by Crippen LogP contribution is 2.17. The third-order valence-electron chi connectivity index (χ3n) is 11.5. The van der Waals surface area contributed by atoms with Gasteiger partial charge in [0.2, 0.25) is 5.91 Å². The number of carbonyl (C=O) groups excluding carboxylic acids is 1. The van der Waals surface area contributed by atoms with Gasteiger partial charge in [-0.2, -0.15) is 8.42 Å². The minimum Gasteiger partial charge on any atom is -0.391 e. The van der Waals surface area contributed by atoms with Crippen molar-refractivity contribution in [3.63, 3.8) is 0 Å². The lowest BCUT2D eigenvalue weighted by atomic mass is 10.0. The van der Waals surface area contributed by atoms with Gasteiger partial charge in [-0.15, -0.1) is 0 Å². The predicted octanol–water partition coefficient (Wildman–Crippen LogP) is 14.1. The van der Waals surface area contributed by atoms with E-state index in [4.69, 9.17) is 0 Å². The number of carbonyl (C=O) groups is 1. The molecule has 0 aromatic carbocycles. The van der Waals surface area contributed by atoms with Crippen LogP contribution in [0.2, 0.25) is 0 Å². The number of allylic oxidation sites excluding steroid dienone is 4. The molecule has 0 aromatic heterocycles. The maximum Gasteiger partial charge on any atom is 0.266 e. The van der Waals surface area contributed by atoms with Crippen molar-refractivity contribution in [1.29, 1.82) is 0 Å². The fraction of sp³-hybridized carbons (Fsp3) is 0.898. The summed E-state index contributed by atoms with van der Waals surface area (Å²) in [5, 5.41) is 23.7. The Bertz CT molecular complexity index is 1020. The summed E-state index contributed by atoms with van der Waals surface area (Å²) in [5.74, 6) is -1.46. The molecule has 0 aliphatic rings. The third kappa shape index (κ3) is 42.7. The molecular weight excluding hydrogens is 731 g/mol. The monoisotopic (exact) mass is 826 g/mol. The fourth-order valence-corrected chi connectivity index (χ4v) is 8.49. The molecule has 0 heterocycles. The Morgan fingerprint density at radius 1 is 0.474 bits per heavy atom. The molecule has 338 valence electrons. The number of unbranched alkanes of at least 4 members (excludes halogenated alkanes) is 32. The second-order valence-electron chi connectivity index (χ2n) is 17.2. The highest BCUT2D eigenvalue weighted by molar-refractivity contribution is 7.85. The lowest BCUT2D eigenvalue weighted by Crippen LogP contribution is -2.50. The molecule has 0 rings (SSSR count). The van der Waals surface area contributed by atoms with Crippen LogP contribution in [0.25, 0.3) is 0 Å². The van der Waals surface area contributed by atoms with E-state index in [1.165, 1.54) is 161 Å². The second-order valence-corrected chi connectivity index (χ2v) is 18.7. The van der Waals surface area contributed by atoms with Gasteiger partial charge < -0.3 is 15.5 Å². The first kappa shape index (κ1) is 55.8. The largest absolute Gasteiger partial charge is 0.391 e. The van der Waals surface area contributed by atoms with E-state index in [9.17, 15) is 28.0 Å². The summed E-state index contributed by atoms with van der Waals surface area (Å²) < 4.78 is 32.7. The van der Waals surface area contributed by atoms with Gasteiger partial charge in [-0.1, -0.05) is 237 Å². The molecule has 0 aliphatic heterocycles. The molecule has 0 saturated carbocycles. The Labute approximate surface area is 354 Å². The Balaban J connectivity index is 3.89. The van der Waals surface area contributed by atoms with E-state index in [1.54, 1.807) is 0 Å². The van der Waals surface area contributed by atoms with Gasteiger partial charge in [0, 0.05) is 0 Å². The maximum absolute atomic E-state index is 12.7. The van der Waals surface area contributed by atoms with Crippen LogP contribution >= 0.6 is 0 Å². The summed E-state index contributed by atoms with van der Waals surface area (Å²) in [6, 6.07) is -1.15. The van der Waals surface area contributed by atoms with E-state index in [0.717, 1.165) is 57.8 Å². The first-order chi connectivity index (χ1) is 27.7. The van der Waals surface area contributed by atoms with Gasteiger partial charge in [0.1, 0.15) is 6.10 Å². The topological polar surface area (TPSA) is 124 Å². The molecule has 57 heavy (non-hydrogen) atoms. The van der Waals surface area contributed by atoms with E-state index in [0.29, 0.717) is 19.3 Å². The Morgan fingerprint density at radius 3 is 1.14 bits per heavy atom. The van der Waals surface area contributed by atoms with Crippen molar-refractivity contribution in [1.82, 2.24) is 5.32 Å². The summed E-state index contributed by atoms with van der Waals surface area (Å²) in [4.78, 5) is 12.7. The first-order valence-electron chi connectivity index (χ1n) is 24.6. The van der Waals surface area contributed by atoms with Crippen molar-refractivity contribution >= 4 is 16.0 Å². The summed E-state index contributed by atoms with van der Waals surface area (Å²) in [7, 11) is -4.41. The smallest absolute Gasteiger partial charge is 0.266 e. The van der Waals surface area contributed by atoms with Crippen LogP contribution in [0.4, 0.5) is 0 Å². The number of hydrogen-bond donors (Lipinski definition) is 4. The lowest BCUT2D eigenvalue weighted by molar-refractivity contribution is -0.131. The van der Waals surface area contributed by atoms with Gasteiger partial charge in [-0.3, -0.25) is 9.35 Å². The fourth-order valence-electron chi connectivity index (χ4n) is 7.73. The molecule has 8 heteroatoms. The van der Waals surface area contributed by atoms with Gasteiger partial charge in [0.05, 0.1) is 17.9 Å². The van der Waals surface area contributed by atoms with Crippen molar-refractivity contribution in [3.05, 3.63) is 24.3 Å². The van der Waals surface area contributed by atoms with E-state index in [-0.39, 0.29) is 6.42 Å². The van der Waals surface area contributed by atoms with Crippen LogP contribution in [0, 0.1) is 0 Å². The molecule has 4 N–H and O–H groups in total. The number of amides is 1. The van der Waals surface area contributed by atoms with E-state index < -0.39 is 40.0 Å². The van der Waals surface area contributed by atoms with Crippen LogP contribution in [-0.4, -0.2) is 53.1 Å². The van der Waals surface area contributed by atoms with Crippen LogP contribution in [0.3, 0.4) is 0 Å². The number of nitrogens with one attached hydrogen (secondary N) is 1. The van der Waals surface area contributed by atoms with Crippen LogP contribution < -0.4 is 5.32 Å². The van der Waals surface area contributed by atoms with Crippen molar-refractivity contribution < 1.29 is 28.0 Å². The van der Waals surface area contributed by atoms with Crippen LogP contribution in [0.5, 0.6) is 0 Å². The van der Waals surface area contributed by atoms with Crippen LogP contribution in [0.15, 0.2) is 24.3 Å². The quantitative estimate of drug-likeness (QED) is 0.0275. The molecule has 0 saturated heterocycles. The predicted molar refractivity (Wildman–Crippen MR) is 245 cm³/mol. The summed E-state index contributed by atoms with van der Waals surface area (Å²) >= 11 is 0. The first-order valence-corrected chi connectivity index (χ1v) is 26.2. The molecular formula is C49H95NO6S. The van der Waals surface area contributed by atoms with E-state index in [1.807, 2.05) is 0 Å². The average Bonchev–Trinajstić information content (AvgIpc) is 3.18. The van der Waals surface area contributed by atoms with Gasteiger partial charge >= 0.3 is 0 Å². The number of aliphatic hydroxyl groups is 2. The number of hydrogen-bond acceptors (Lipinski definition) is 5. The SMILES string of the molecule is CCCCCCCCCCC/C=C\C/C=C\CCCCCCCCC(O)C(=O)NC(CS(=O)(=O)O)C(O)CCCCCCCCCCCCCCCCCCCC. The molecule has 3 atom stereocenters. The summed E-state index contributed by atoms with van der Waals surface area (Å²) in [6.45, 7) is 4.54. The molecule has 0 bridgehead atoms. The molecule has 0 fully saturated rings. The Hall–Kier alpha value is -1.22. The van der Waals surface area contributed by atoms with Gasteiger partial charge in [0.15, 0.2) is 0 Å². The molecule has 0 aliphatic carbocycles. The normalized spacial score (nSPS) is 13.8. The zero-order valence-electron chi connectivity index (χ0n) is 37.6. The summed E-state index contributed by atoms with van der Waals surface area (Å²) in [6.07, 6.45) is 52.0. The van der Waals surface area contributed by atoms with Crippen molar-refractivity contribution in [2.45, 2.75) is 276 Å². The minimum atomic E-state index is -4.41. The average molecular weight is 826 g/mol. The number of rotatable bonds is 45. The van der Waals surface area contributed by atoms with E-state index in [2.05, 4.69) is 43.5 Å². The van der Waals surface area contributed by atoms with Crippen molar-refractivity contribution in [2.24, 2.45) is 0 Å².